The number of nitrogens with zero attached hydrogens (tertiary/aromatic N) is 1. The van der Waals surface area contributed by atoms with Crippen LogP contribution in [0.2, 0.25) is 0 Å². The maximum Gasteiger partial charge on any atom is 0.308 e. The van der Waals surface area contributed by atoms with E-state index in [-0.39, 0.29) is 17.5 Å². The van der Waals surface area contributed by atoms with Crippen molar-refractivity contribution in [3.05, 3.63) is 53.8 Å². The number of hydrogen-bond donors (Lipinski definition) is 0. The molecule has 0 saturated carbocycles. The Morgan fingerprint density at radius 3 is 2.32 bits per heavy atom. The molecule has 2 aromatic carbocycles. The quantitative estimate of drug-likeness (QED) is 0.635. The Balaban J connectivity index is 1.99. The van der Waals surface area contributed by atoms with Crippen LogP contribution in [0.1, 0.15) is 17.3 Å². The van der Waals surface area contributed by atoms with E-state index in [9.17, 15) is 14.0 Å². The second kappa shape index (κ2) is 7.44. The summed E-state index contributed by atoms with van der Waals surface area (Å²) in [5.74, 6) is -0.825. The number of morpholine rings is 1. The molecule has 0 atom stereocenters. The summed E-state index contributed by atoms with van der Waals surface area (Å²) in [4.78, 5) is 25.9. The molecular weight excluding hydrogens is 325 g/mol. The Kier molecular flexibility index (Phi) is 5.09. The number of amides is 1. The molecule has 25 heavy (non-hydrogen) atoms. The molecule has 130 valence electrons. The largest absolute Gasteiger partial charge is 0.426 e. The lowest BCUT2D eigenvalue weighted by molar-refractivity contribution is -0.131. The molecule has 0 N–H and O–H groups in total. The molecule has 1 aliphatic rings. The van der Waals surface area contributed by atoms with Gasteiger partial charge in [-0.2, -0.15) is 0 Å². The van der Waals surface area contributed by atoms with E-state index in [4.69, 9.17) is 9.47 Å². The number of carbonyl (C=O) groups is 2. The average molecular weight is 343 g/mol. The summed E-state index contributed by atoms with van der Waals surface area (Å²) in [6.07, 6.45) is 0. The molecule has 1 saturated heterocycles. The standard InChI is InChI=1S/C19H18FNO4/c1-13(22)25-18-7-4-15(14-2-5-16(20)6-3-14)12-17(18)19(23)21-8-10-24-11-9-21/h2-7,12H,8-11H2,1H3. The molecule has 6 heteroatoms. The molecule has 0 spiro atoms. The van der Waals surface area contributed by atoms with Gasteiger partial charge in [-0.25, -0.2) is 4.39 Å². The van der Waals surface area contributed by atoms with Crippen molar-refractivity contribution < 1.29 is 23.5 Å². The molecule has 1 amide bonds. The predicted octanol–water partition coefficient (Wildman–Crippen LogP) is 2.89. The summed E-state index contributed by atoms with van der Waals surface area (Å²) in [6.45, 7) is 3.22. The third-order valence-corrected chi connectivity index (χ3v) is 3.94. The van der Waals surface area contributed by atoms with Gasteiger partial charge in [0.1, 0.15) is 11.6 Å². The fourth-order valence-electron chi connectivity index (χ4n) is 2.70. The van der Waals surface area contributed by atoms with Crippen molar-refractivity contribution in [2.75, 3.05) is 26.3 Å². The maximum atomic E-state index is 13.1. The molecule has 0 radical (unpaired) electrons. The minimum atomic E-state index is -0.495. The lowest BCUT2D eigenvalue weighted by Gasteiger charge is -2.27. The molecule has 1 aliphatic heterocycles. The number of hydrogen-bond acceptors (Lipinski definition) is 4. The molecule has 5 nitrogen and oxygen atoms in total. The van der Waals surface area contributed by atoms with Crippen LogP contribution in [0.25, 0.3) is 11.1 Å². The van der Waals surface area contributed by atoms with Crippen LogP contribution in [0.15, 0.2) is 42.5 Å². The first kappa shape index (κ1) is 17.1. The Bertz CT molecular complexity index is 783. The molecule has 0 aromatic heterocycles. The van der Waals surface area contributed by atoms with Crippen LogP contribution in [-0.4, -0.2) is 43.1 Å². The molecular formula is C19H18FNO4. The van der Waals surface area contributed by atoms with E-state index >= 15 is 0 Å². The Morgan fingerprint density at radius 2 is 1.68 bits per heavy atom. The van der Waals surface area contributed by atoms with Crippen LogP contribution >= 0.6 is 0 Å². The van der Waals surface area contributed by atoms with Gasteiger partial charge in [-0.15, -0.1) is 0 Å². The van der Waals surface area contributed by atoms with Gasteiger partial charge in [0.25, 0.3) is 5.91 Å². The zero-order valence-electron chi connectivity index (χ0n) is 13.8. The summed E-state index contributed by atoms with van der Waals surface area (Å²) >= 11 is 0. The van der Waals surface area contributed by atoms with Crippen molar-refractivity contribution >= 4 is 11.9 Å². The zero-order chi connectivity index (χ0) is 17.8. The molecule has 0 unspecified atom stereocenters. The van der Waals surface area contributed by atoms with Crippen LogP contribution in [0, 0.1) is 5.82 Å². The first-order valence-corrected chi connectivity index (χ1v) is 8.00. The van der Waals surface area contributed by atoms with Crippen molar-refractivity contribution in [2.45, 2.75) is 6.92 Å². The summed E-state index contributed by atoms with van der Waals surface area (Å²) in [5.41, 5.74) is 1.82. The minimum Gasteiger partial charge on any atom is -0.426 e. The SMILES string of the molecule is CC(=O)Oc1ccc(-c2ccc(F)cc2)cc1C(=O)N1CCOCC1. The number of esters is 1. The third-order valence-electron chi connectivity index (χ3n) is 3.94. The normalized spacial score (nSPS) is 14.2. The van der Waals surface area contributed by atoms with Crippen molar-refractivity contribution in [1.82, 2.24) is 4.90 Å². The first-order valence-electron chi connectivity index (χ1n) is 8.00. The topological polar surface area (TPSA) is 55.8 Å². The van der Waals surface area contributed by atoms with Crippen molar-refractivity contribution in [2.24, 2.45) is 0 Å². The number of halogens is 1. The van der Waals surface area contributed by atoms with Gasteiger partial charge < -0.3 is 14.4 Å². The smallest absolute Gasteiger partial charge is 0.308 e. The van der Waals surface area contributed by atoms with E-state index in [0.717, 1.165) is 11.1 Å². The summed E-state index contributed by atoms with van der Waals surface area (Å²) in [5, 5.41) is 0. The highest BCUT2D eigenvalue weighted by Gasteiger charge is 2.23. The number of benzene rings is 2. The van der Waals surface area contributed by atoms with E-state index < -0.39 is 5.97 Å². The fraction of sp³-hybridized carbons (Fsp3) is 0.263. The van der Waals surface area contributed by atoms with Crippen LogP contribution < -0.4 is 4.74 Å². The number of ether oxygens (including phenoxy) is 2. The van der Waals surface area contributed by atoms with E-state index in [2.05, 4.69) is 0 Å². The van der Waals surface area contributed by atoms with Gasteiger partial charge in [-0.3, -0.25) is 9.59 Å². The number of carbonyl (C=O) groups excluding carboxylic acids is 2. The predicted molar refractivity (Wildman–Crippen MR) is 89.9 cm³/mol. The average Bonchev–Trinajstić information content (AvgIpc) is 2.62. The lowest BCUT2D eigenvalue weighted by atomic mass is 10.0. The van der Waals surface area contributed by atoms with Crippen molar-refractivity contribution in [1.29, 1.82) is 0 Å². The fourth-order valence-corrected chi connectivity index (χ4v) is 2.70. The van der Waals surface area contributed by atoms with Gasteiger partial charge >= 0.3 is 5.97 Å². The van der Waals surface area contributed by atoms with Gasteiger partial charge in [0, 0.05) is 20.0 Å². The summed E-state index contributed by atoms with van der Waals surface area (Å²) in [7, 11) is 0. The third kappa shape index (κ3) is 4.03. The van der Waals surface area contributed by atoms with Crippen LogP contribution in [0.3, 0.4) is 0 Å². The summed E-state index contributed by atoms with van der Waals surface area (Å²) < 4.78 is 23.6. The maximum absolute atomic E-state index is 13.1. The molecule has 1 fully saturated rings. The highest BCUT2D eigenvalue weighted by Crippen LogP contribution is 2.28. The van der Waals surface area contributed by atoms with Crippen LogP contribution in [0.4, 0.5) is 4.39 Å². The molecule has 3 rings (SSSR count). The molecule has 0 aliphatic carbocycles. The van der Waals surface area contributed by atoms with E-state index in [1.807, 2.05) is 0 Å². The monoisotopic (exact) mass is 343 g/mol. The van der Waals surface area contributed by atoms with Gasteiger partial charge in [-0.1, -0.05) is 18.2 Å². The van der Waals surface area contributed by atoms with E-state index in [1.165, 1.54) is 19.1 Å². The second-order valence-electron chi connectivity index (χ2n) is 5.72. The second-order valence-corrected chi connectivity index (χ2v) is 5.72. The highest BCUT2D eigenvalue weighted by molar-refractivity contribution is 5.99. The van der Waals surface area contributed by atoms with Gasteiger partial charge in [0.05, 0.1) is 18.8 Å². The minimum absolute atomic E-state index is 0.217. The highest BCUT2D eigenvalue weighted by atomic mass is 19.1. The van der Waals surface area contributed by atoms with Crippen LogP contribution in [-0.2, 0) is 9.53 Å². The molecule has 0 bridgehead atoms. The van der Waals surface area contributed by atoms with Gasteiger partial charge in [-0.05, 0) is 35.4 Å². The Labute approximate surface area is 145 Å². The molecule has 2 aromatic rings. The Hall–Kier alpha value is -2.73. The lowest BCUT2D eigenvalue weighted by Crippen LogP contribution is -2.40. The van der Waals surface area contributed by atoms with E-state index in [1.54, 1.807) is 35.2 Å². The zero-order valence-corrected chi connectivity index (χ0v) is 13.8. The number of rotatable bonds is 3. The Morgan fingerprint density at radius 1 is 1.04 bits per heavy atom. The first-order chi connectivity index (χ1) is 12.0. The van der Waals surface area contributed by atoms with Crippen LogP contribution in [0.5, 0.6) is 5.75 Å². The van der Waals surface area contributed by atoms with Gasteiger partial charge in [0.15, 0.2) is 0 Å². The van der Waals surface area contributed by atoms with Crippen molar-refractivity contribution in [3.8, 4) is 16.9 Å². The van der Waals surface area contributed by atoms with Gasteiger partial charge in [0.2, 0.25) is 0 Å². The van der Waals surface area contributed by atoms with E-state index in [0.29, 0.717) is 31.9 Å². The molecule has 1 heterocycles. The summed E-state index contributed by atoms with van der Waals surface area (Å²) in [6, 6.07) is 11.0. The van der Waals surface area contributed by atoms with Crippen molar-refractivity contribution in [3.63, 3.8) is 0 Å².